The summed E-state index contributed by atoms with van der Waals surface area (Å²) in [6, 6.07) is 5.45. The lowest BCUT2D eigenvalue weighted by atomic mass is 10.2. The Hall–Kier alpha value is -0.600. The van der Waals surface area contributed by atoms with Gasteiger partial charge in [0.25, 0.3) is 0 Å². The first-order valence-electron chi connectivity index (χ1n) is 3.97. The summed E-state index contributed by atoms with van der Waals surface area (Å²) in [4.78, 5) is 2.00. The molecule has 0 amide bonds. The van der Waals surface area contributed by atoms with Crippen molar-refractivity contribution in [3.05, 3.63) is 23.2 Å². The molecule has 0 bridgehead atoms. The molecule has 0 saturated carbocycles. The van der Waals surface area contributed by atoms with Crippen LogP contribution in [0.25, 0.3) is 0 Å². The molecule has 0 radical (unpaired) electrons. The Bertz CT molecular complexity index is 289. The molecule has 2 N–H and O–H groups in total. The van der Waals surface area contributed by atoms with E-state index in [1.165, 1.54) is 0 Å². The van der Waals surface area contributed by atoms with E-state index >= 15 is 0 Å². The number of nitrogens with two attached hydrogens (primary N) is 1. The number of alkyl halides is 1. The molecular formula is C9H12Cl2N2. The van der Waals surface area contributed by atoms with Crippen LogP contribution < -0.4 is 10.6 Å². The lowest BCUT2D eigenvalue weighted by Gasteiger charge is -2.19. The van der Waals surface area contributed by atoms with Gasteiger partial charge in [-0.1, -0.05) is 11.6 Å². The van der Waals surface area contributed by atoms with E-state index in [-0.39, 0.29) is 0 Å². The second kappa shape index (κ2) is 4.58. The first kappa shape index (κ1) is 10.5. The molecule has 2 nitrogen and oxygen atoms in total. The minimum atomic E-state index is 0.582. The summed E-state index contributed by atoms with van der Waals surface area (Å²) in [5.41, 5.74) is 7.43. The molecule has 0 heterocycles. The first-order chi connectivity index (χ1) is 6.15. The van der Waals surface area contributed by atoms with Crippen molar-refractivity contribution in [1.82, 2.24) is 0 Å². The molecule has 1 rings (SSSR count). The number of benzene rings is 1. The predicted molar refractivity (Wildman–Crippen MR) is 59.9 cm³/mol. The second-order valence-corrected chi connectivity index (χ2v) is 3.63. The third-order valence-corrected chi connectivity index (χ3v) is 2.22. The van der Waals surface area contributed by atoms with Gasteiger partial charge < -0.3 is 10.6 Å². The Kier molecular flexibility index (Phi) is 3.70. The zero-order valence-corrected chi connectivity index (χ0v) is 8.94. The predicted octanol–water partition coefficient (Wildman–Crippen LogP) is 2.60. The smallest absolute Gasteiger partial charge is 0.0598 e. The largest absolute Gasteiger partial charge is 0.397 e. The fourth-order valence-electron chi connectivity index (χ4n) is 1.12. The highest BCUT2D eigenvalue weighted by Crippen LogP contribution is 2.25. The number of anilines is 2. The summed E-state index contributed by atoms with van der Waals surface area (Å²) < 4.78 is 0. The van der Waals surface area contributed by atoms with Crippen molar-refractivity contribution in [2.45, 2.75) is 0 Å². The quantitative estimate of drug-likeness (QED) is 0.625. The lowest BCUT2D eigenvalue weighted by molar-refractivity contribution is 0.976. The Morgan fingerprint density at radius 1 is 1.46 bits per heavy atom. The van der Waals surface area contributed by atoms with Crippen molar-refractivity contribution in [3.8, 4) is 0 Å². The summed E-state index contributed by atoms with van der Waals surface area (Å²) >= 11 is 11.4. The number of hydrogen-bond acceptors (Lipinski definition) is 2. The van der Waals surface area contributed by atoms with Crippen LogP contribution in [-0.2, 0) is 0 Å². The van der Waals surface area contributed by atoms with Crippen LogP contribution >= 0.6 is 23.2 Å². The zero-order valence-electron chi connectivity index (χ0n) is 7.43. The van der Waals surface area contributed by atoms with Crippen molar-refractivity contribution in [2.75, 3.05) is 30.1 Å². The van der Waals surface area contributed by atoms with E-state index in [1.54, 1.807) is 6.07 Å². The van der Waals surface area contributed by atoms with Crippen molar-refractivity contribution in [3.63, 3.8) is 0 Å². The van der Waals surface area contributed by atoms with Gasteiger partial charge in [0.1, 0.15) is 0 Å². The van der Waals surface area contributed by atoms with Crippen LogP contribution in [0.5, 0.6) is 0 Å². The van der Waals surface area contributed by atoms with Gasteiger partial charge in [0, 0.05) is 24.5 Å². The molecule has 0 spiro atoms. The van der Waals surface area contributed by atoms with Gasteiger partial charge in [0.2, 0.25) is 0 Å². The van der Waals surface area contributed by atoms with E-state index in [0.29, 0.717) is 16.6 Å². The summed E-state index contributed by atoms with van der Waals surface area (Å²) in [6.45, 7) is 0.771. The Morgan fingerprint density at radius 3 is 2.69 bits per heavy atom. The third kappa shape index (κ3) is 2.68. The molecule has 4 heteroatoms. The maximum absolute atomic E-state index is 5.78. The minimum Gasteiger partial charge on any atom is -0.397 e. The first-order valence-corrected chi connectivity index (χ1v) is 4.88. The van der Waals surface area contributed by atoms with Crippen molar-refractivity contribution < 1.29 is 0 Å². The van der Waals surface area contributed by atoms with E-state index < -0.39 is 0 Å². The number of hydrogen-bond donors (Lipinski definition) is 1. The molecule has 0 aliphatic rings. The van der Waals surface area contributed by atoms with Gasteiger partial charge >= 0.3 is 0 Å². The SMILES string of the molecule is CN(CCCl)c1ccc(Cl)cc1N. The zero-order chi connectivity index (χ0) is 9.84. The Morgan fingerprint density at radius 2 is 2.15 bits per heavy atom. The normalized spacial score (nSPS) is 10.1. The van der Waals surface area contributed by atoms with Crippen LogP contribution in [-0.4, -0.2) is 19.5 Å². The number of rotatable bonds is 3. The monoisotopic (exact) mass is 218 g/mol. The average molecular weight is 219 g/mol. The van der Waals surface area contributed by atoms with E-state index in [2.05, 4.69) is 0 Å². The summed E-state index contributed by atoms with van der Waals surface area (Å²) in [5, 5.41) is 0.653. The van der Waals surface area contributed by atoms with E-state index in [9.17, 15) is 0 Å². The molecule has 1 aromatic carbocycles. The summed E-state index contributed by atoms with van der Waals surface area (Å²) in [5.74, 6) is 0.582. The number of nitrogen functional groups attached to an aromatic ring is 1. The summed E-state index contributed by atoms with van der Waals surface area (Å²) in [7, 11) is 1.95. The highest BCUT2D eigenvalue weighted by molar-refractivity contribution is 6.31. The van der Waals surface area contributed by atoms with Gasteiger partial charge in [0.05, 0.1) is 11.4 Å². The molecule has 0 saturated heterocycles. The van der Waals surface area contributed by atoms with Crippen LogP contribution in [0.1, 0.15) is 0 Å². The fourth-order valence-corrected chi connectivity index (χ4v) is 1.55. The van der Waals surface area contributed by atoms with Gasteiger partial charge in [-0.05, 0) is 18.2 Å². The molecule has 72 valence electrons. The van der Waals surface area contributed by atoms with Gasteiger partial charge in [-0.25, -0.2) is 0 Å². The Labute approximate surface area is 88.2 Å². The van der Waals surface area contributed by atoms with Crippen molar-refractivity contribution in [2.24, 2.45) is 0 Å². The second-order valence-electron chi connectivity index (χ2n) is 2.81. The van der Waals surface area contributed by atoms with Gasteiger partial charge in [-0.2, -0.15) is 0 Å². The van der Waals surface area contributed by atoms with Crippen LogP contribution in [0.4, 0.5) is 11.4 Å². The average Bonchev–Trinajstić information content (AvgIpc) is 2.04. The topological polar surface area (TPSA) is 29.3 Å². The van der Waals surface area contributed by atoms with Crippen LogP contribution in [0, 0.1) is 0 Å². The molecule has 0 fully saturated rings. The molecule has 13 heavy (non-hydrogen) atoms. The van der Waals surface area contributed by atoms with E-state index in [1.807, 2.05) is 24.1 Å². The van der Waals surface area contributed by atoms with Crippen molar-refractivity contribution >= 4 is 34.6 Å². The van der Waals surface area contributed by atoms with E-state index in [4.69, 9.17) is 28.9 Å². The standard InChI is InChI=1S/C9H12Cl2N2/c1-13(5-4-10)9-3-2-7(11)6-8(9)12/h2-3,6H,4-5,12H2,1H3. The van der Waals surface area contributed by atoms with Crippen molar-refractivity contribution in [1.29, 1.82) is 0 Å². The molecule has 0 aliphatic heterocycles. The molecular weight excluding hydrogens is 207 g/mol. The van der Waals surface area contributed by atoms with Crippen LogP contribution in [0.15, 0.2) is 18.2 Å². The molecule has 0 atom stereocenters. The van der Waals surface area contributed by atoms with Gasteiger partial charge in [-0.3, -0.25) is 0 Å². The fraction of sp³-hybridized carbons (Fsp3) is 0.333. The van der Waals surface area contributed by atoms with Gasteiger partial charge in [0.15, 0.2) is 0 Å². The Balaban J connectivity index is 2.88. The van der Waals surface area contributed by atoms with E-state index in [0.717, 1.165) is 12.2 Å². The van der Waals surface area contributed by atoms with Crippen LogP contribution in [0.3, 0.4) is 0 Å². The highest BCUT2D eigenvalue weighted by Gasteiger charge is 2.04. The summed E-state index contributed by atoms with van der Waals surface area (Å²) in [6.07, 6.45) is 0. The molecule has 0 aliphatic carbocycles. The maximum Gasteiger partial charge on any atom is 0.0598 e. The maximum atomic E-state index is 5.78. The minimum absolute atomic E-state index is 0.582. The molecule has 1 aromatic rings. The lowest BCUT2D eigenvalue weighted by Crippen LogP contribution is -2.20. The number of nitrogens with zero attached hydrogens (tertiary/aromatic N) is 1. The molecule has 0 aromatic heterocycles. The number of halogens is 2. The molecule has 0 unspecified atom stereocenters. The van der Waals surface area contributed by atoms with Gasteiger partial charge in [-0.15, -0.1) is 11.6 Å². The third-order valence-electron chi connectivity index (χ3n) is 1.82. The van der Waals surface area contributed by atoms with Crippen LogP contribution in [0.2, 0.25) is 5.02 Å². The highest BCUT2D eigenvalue weighted by atomic mass is 35.5.